The fraction of sp³-hybridized carbons (Fsp3) is 0.677. The second-order valence-electron chi connectivity index (χ2n) is 13.4. The molecule has 42 heavy (non-hydrogen) atoms. The van der Waals surface area contributed by atoms with Crippen LogP contribution in [0.4, 0.5) is 10.5 Å². The predicted molar refractivity (Wildman–Crippen MR) is 175 cm³/mol. The molecule has 9 nitrogen and oxygen atoms in total. The summed E-state index contributed by atoms with van der Waals surface area (Å²) in [7, 11) is 0. The highest BCUT2D eigenvalue weighted by Gasteiger charge is 2.26. The van der Waals surface area contributed by atoms with E-state index in [1.54, 1.807) is 11.8 Å². The zero-order chi connectivity index (χ0) is 30.5. The molecule has 0 spiro atoms. The first-order valence-corrected chi connectivity index (χ1v) is 16.4. The quantitative estimate of drug-likeness (QED) is 0.275. The third-order valence-corrected chi connectivity index (χ3v) is 8.58. The molecule has 2 saturated heterocycles. The van der Waals surface area contributed by atoms with Crippen molar-refractivity contribution >= 4 is 51.1 Å². The van der Waals surface area contributed by atoms with Gasteiger partial charge < -0.3 is 35.1 Å². The normalized spacial score (nSPS) is 22.1. The van der Waals surface area contributed by atoms with E-state index in [9.17, 15) is 4.79 Å². The van der Waals surface area contributed by atoms with Crippen molar-refractivity contribution < 1.29 is 19.4 Å². The molecule has 234 valence electrons. The molecule has 2 aromatic rings. The summed E-state index contributed by atoms with van der Waals surface area (Å²) in [5.74, 6) is 0.975. The van der Waals surface area contributed by atoms with Crippen LogP contribution >= 0.6 is 23.4 Å². The lowest BCUT2D eigenvalue weighted by Gasteiger charge is -2.30. The average Bonchev–Trinajstić information content (AvgIpc) is 3.61. The van der Waals surface area contributed by atoms with Crippen LogP contribution in [0.15, 0.2) is 23.2 Å². The van der Waals surface area contributed by atoms with E-state index in [0.717, 1.165) is 96.6 Å². The number of thioether (sulfide) groups is 1. The van der Waals surface area contributed by atoms with Crippen LogP contribution in [-0.4, -0.2) is 94.1 Å². The van der Waals surface area contributed by atoms with Crippen LogP contribution in [0, 0.1) is 0 Å². The lowest BCUT2D eigenvalue weighted by molar-refractivity contribution is -0.102. The summed E-state index contributed by atoms with van der Waals surface area (Å²) in [6, 6.07) is 6.86. The van der Waals surface area contributed by atoms with Gasteiger partial charge in [-0.3, -0.25) is 4.99 Å². The third kappa shape index (κ3) is 10.3. The van der Waals surface area contributed by atoms with Gasteiger partial charge in [0.15, 0.2) is 0 Å². The van der Waals surface area contributed by atoms with Gasteiger partial charge in [-0.1, -0.05) is 11.6 Å². The van der Waals surface area contributed by atoms with Crippen molar-refractivity contribution in [1.29, 1.82) is 0 Å². The minimum absolute atomic E-state index is 0.0156. The van der Waals surface area contributed by atoms with Crippen LogP contribution in [0.25, 0.3) is 10.9 Å². The summed E-state index contributed by atoms with van der Waals surface area (Å²) < 4.78 is 11.1. The summed E-state index contributed by atoms with van der Waals surface area (Å²) >= 11 is 8.22. The highest BCUT2D eigenvalue weighted by molar-refractivity contribution is 8.14. The van der Waals surface area contributed by atoms with Crippen molar-refractivity contribution in [2.45, 2.75) is 96.6 Å². The number of hydrogen-bond donors (Lipinski definition) is 4. The van der Waals surface area contributed by atoms with Crippen LogP contribution < -0.4 is 10.6 Å². The molecule has 3 aliphatic rings. The summed E-state index contributed by atoms with van der Waals surface area (Å²) in [6.07, 6.45) is 2.92. The van der Waals surface area contributed by atoms with Gasteiger partial charge in [0.1, 0.15) is 5.04 Å². The molecule has 1 amide bonds. The van der Waals surface area contributed by atoms with Crippen LogP contribution in [0.5, 0.6) is 0 Å². The molecule has 0 saturated carbocycles. The van der Waals surface area contributed by atoms with Crippen LogP contribution in [0.1, 0.15) is 72.9 Å². The number of aliphatic imine (C=N–C) groups is 1. The van der Waals surface area contributed by atoms with Gasteiger partial charge in [-0.25, -0.2) is 4.79 Å². The van der Waals surface area contributed by atoms with E-state index in [0.29, 0.717) is 6.04 Å². The summed E-state index contributed by atoms with van der Waals surface area (Å²) in [6.45, 7) is 16.7. The predicted octanol–water partition coefficient (Wildman–Crippen LogP) is 6.61. The fourth-order valence-electron chi connectivity index (χ4n) is 5.79. The largest absolute Gasteiger partial charge is 0.465 e. The SMILES string of the molecule is CC(C)(C)OC(C)(C)C.O=C(O)N[C@H]1CCN(CC[C@@H]2CSC(c3cc4cc(Cl)cc(NC5CCOCC5)c4[nH]3)=N2)C1. The van der Waals surface area contributed by atoms with Crippen molar-refractivity contribution in [3.8, 4) is 0 Å². The Kier molecular flexibility index (Phi) is 11.1. The maximum Gasteiger partial charge on any atom is 0.404 e. The number of nitrogens with zero attached hydrogens (tertiary/aromatic N) is 2. The lowest BCUT2D eigenvalue weighted by atomic mass is 10.1. The Morgan fingerprint density at radius 2 is 1.86 bits per heavy atom. The van der Waals surface area contributed by atoms with E-state index in [2.05, 4.69) is 68.1 Å². The zero-order valence-electron chi connectivity index (χ0n) is 25.9. The summed E-state index contributed by atoms with van der Waals surface area (Å²) in [5.41, 5.74) is 3.12. The van der Waals surface area contributed by atoms with E-state index in [1.807, 2.05) is 12.1 Å². The van der Waals surface area contributed by atoms with E-state index < -0.39 is 6.09 Å². The number of fused-ring (bicyclic) bond motifs is 1. The number of amides is 1. The number of carbonyl (C=O) groups is 1. The number of carboxylic acid groups (broad SMARTS) is 1. The standard InChI is InChI=1S/C23H30ClN5O3S.C8H18O/c24-15-9-14-10-20(28-21(14)19(11-15)25-16-3-7-32-8-4-16)22-26-18(13-33-22)2-6-29-5-1-17(12-29)27-23(30)31;1-7(2,3)9-8(4,5)6/h9-11,16-18,25,27-28H,1-8,12-13H2,(H,30,31);1-6H3/t17-,18+;/m0./s1. The molecule has 0 unspecified atom stereocenters. The van der Waals surface area contributed by atoms with Crippen molar-refractivity contribution in [3.63, 3.8) is 0 Å². The number of H-pyrrole nitrogens is 1. The maximum atomic E-state index is 10.8. The highest BCUT2D eigenvalue weighted by atomic mass is 35.5. The first-order valence-electron chi connectivity index (χ1n) is 15.0. The molecule has 0 radical (unpaired) electrons. The molecule has 1 aromatic carbocycles. The molecule has 0 bridgehead atoms. The Bertz CT molecular complexity index is 1220. The number of halogens is 1. The van der Waals surface area contributed by atoms with E-state index >= 15 is 0 Å². The topological polar surface area (TPSA) is 111 Å². The molecule has 4 heterocycles. The van der Waals surface area contributed by atoms with Gasteiger partial charge >= 0.3 is 6.09 Å². The van der Waals surface area contributed by atoms with Gasteiger partial charge in [-0.15, -0.1) is 11.8 Å². The zero-order valence-corrected chi connectivity index (χ0v) is 27.5. The Morgan fingerprint density at radius 1 is 1.14 bits per heavy atom. The number of hydrogen-bond acceptors (Lipinski definition) is 7. The Morgan fingerprint density at radius 3 is 2.50 bits per heavy atom. The first-order chi connectivity index (χ1) is 19.7. The van der Waals surface area contributed by atoms with Crippen LogP contribution in [0.2, 0.25) is 5.02 Å². The van der Waals surface area contributed by atoms with Gasteiger partial charge in [0.05, 0.1) is 34.1 Å². The summed E-state index contributed by atoms with van der Waals surface area (Å²) in [5, 5.41) is 18.0. The maximum absolute atomic E-state index is 10.8. The number of aromatic amines is 1. The Labute approximate surface area is 259 Å². The molecule has 11 heteroatoms. The number of anilines is 1. The fourth-order valence-corrected chi connectivity index (χ4v) is 7.09. The van der Waals surface area contributed by atoms with Crippen molar-refractivity contribution in [3.05, 3.63) is 28.9 Å². The van der Waals surface area contributed by atoms with Crippen molar-refractivity contribution in [2.24, 2.45) is 4.99 Å². The summed E-state index contributed by atoms with van der Waals surface area (Å²) in [4.78, 5) is 21.7. The molecule has 1 aromatic heterocycles. The number of likely N-dealkylation sites (tertiary alicyclic amines) is 1. The smallest absolute Gasteiger partial charge is 0.404 e. The van der Waals surface area contributed by atoms with Crippen molar-refractivity contribution in [2.75, 3.05) is 43.9 Å². The molecular weight excluding hydrogens is 574 g/mol. The first kappa shape index (κ1) is 32.9. The lowest BCUT2D eigenvalue weighted by Crippen LogP contribution is -2.36. The Hall–Kier alpha value is -1.98. The number of nitrogens with one attached hydrogen (secondary N) is 3. The Balaban J connectivity index is 0.000000392. The molecular formula is C31H48ClN5O4S. The van der Waals surface area contributed by atoms with E-state index in [4.69, 9.17) is 31.2 Å². The van der Waals surface area contributed by atoms with Gasteiger partial charge in [-0.2, -0.15) is 0 Å². The molecule has 2 atom stereocenters. The van der Waals surface area contributed by atoms with Crippen molar-refractivity contribution in [1.82, 2.24) is 15.2 Å². The molecule has 0 aliphatic carbocycles. The number of ether oxygens (including phenoxy) is 2. The second-order valence-corrected chi connectivity index (χ2v) is 14.8. The molecule has 5 rings (SSSR count). The number of benzene rings is 1. The minimum atomic E-state index is -0.936. The minimum Gasteiger partial charge on any atom is -0.465 e. The monoisotopic (exact) mass is 621 g/mol. The van der Waals surface area contributed by atoms with Gasteiger partial charge in [0.25, 0.3) is 0 Å². The van der Waals surface area contributed by atoms with Crippen LogP contribution in [0.3, 0.4) is 0 Å². The molecule has 4 N–H and O–H groups in total. The van der Waals surface area contributed by atoms with E-state index in [1.165, 1.54) is 0 Å². The second kappa shape index (κ2) is 14.2. The third-order valence-electron chi connectivity index (χ3n) is 7.21. The van der Waals surface area contributed by atoms with Gasteiger partial charge in [-0.05, 0) is 85.4 Å². The molecule has 2 fully saturated rings. The number of rotatable bonds is 7. The molecule has 3 aliphatic heterocycles. The number of aromatic nitrogens is 1. The van der Waals surface area contributed by atoms with Crippen LogP contribution in [-0.2, 0) is 9.47 Å². The average molecular weight is 622 g/mol. The van der Waals surface area contributed by atoms with E-state index in [-0.39, 0.29) is 23.3 Å². The highest BCUT2D eigenvalue weighted by Crippen LogP contribution is 2.33. The van der Waals surface area contributed by atoms with Gasteiger partial charge in [0.2, 0.25) is 0 Å². The van der Waals surface area contributed by atoms with Gasteiger partial charge in [0, 0.05) is 61.1 Å².